The van der Waals surface area contributed by atoms with Crippen LogP contribution in [0.2, 0.25) is 0 Å². The molecule has 0 aromatic carbocycles. The Balaban J connectivity index is 0. The average molecular weight is 258 g/mol. The van der Waals surface area contributed by atoms with Crippen molar-refractivity contribution in [3.8, 4) is 0 Å². The normalized spacial score (nSPS) is 9.78. The molecule has 0 amide bonds. The van der Waals surface area contributed by atoms with Crippen LogP contribution in [0, 0.1) is 0 Å². The van der Waals surface area contributed by atoms with Gasteiger partial charge in [0, 0.05) is 0 Å². The first kappa shape index (κ1) is 12.6. The first-order chi connectivity index (χ1) is 3.72. The van der Waals surface area contributed by atoms with Gasteiger partial charge in [0.2, 0.25) is 0 Å². The molecule has 0 bridgehead atoms. The Morgan fingerprint density at radius 3 is 1.78 bits per heavy atom. The molecule has 0 fully saturated rings. The summed E-state index contributed by atoms with van der Waals surface area (Å²) >= 11 is 4.47. The molecule has 0 unspecified atom stereocenters. The molecule has 0 saturated carbocycles. The maximum absolute atomic E-state index is 10.4. The van der Waals surface area contributed by atoms with Crippen LogP contribution in [0.25, 0.3) is 0 Å². The summed E-state index contributed by atoms with van der Waals surface area (Å²) in [5, 5.41) is 10.4. The van der Waals surface area contributed by atoms with Crippen molar-refractivity contribution in [2.75, 3.05) is 11.5 Å². The molecule has 0 aliphatic heterocycles. The summed E-state index contributed by atoms with van der Waals surface area (Å²) in [5.74, 6) is 1.83. The van der Waals surface area contributed by atoms with Crippen LogP contribution in [-0.2, 0) is 33.3 Å². The molecule has 0 aliphatic carbocycles. The van der Waals surface area contributed by atoms with Crippen LogP contribution in [0.4, 0.5) is 0 Å². The van der Waals surface area contributed by atoms with Gasteiger partial charge in [-0.3, -0.25) is 0 Å². The Bertz CT molecular complexity index is 83.0. The SMILES string of the molecule is CC[S-](CC)C([O-])=S.[Ag+2]. The summed E-state index contributed by atoms with van der Waals surface area (Å²) < 4.78 is -0.0602. The van der Waals surface area contributed by atoms with Crippen LogP contribution in [0.15, 0.2) is 0 Å². The van der Waals surface area contributed by atoms with Gasteiger partial charge in [-0.05, 0) is 0 Å². The molecule has 0 atom stereocenters. The van der Waals surface area contributed by atoms with Crippen molar-refractivity contribution in [2.45, 2.75) is 13.8 Å². The van der Waals surface area contributed by atoms with Crippen LogP contribution in [0.1, 0.15) is 13.8 Å². The minimum atomic E-state index is -0.114. The van der Waals surface area contributed by atoms with Crippen molar-refractivity contribution in [3.63, 3.8) is 0 Å². The molecule has 9 heavy (non-hydrogen) atoms. The van der Waals surface area contributed by atoms with Crippen molar-refractivity contribution >= 4 is 27.5 Å². The summed E-state index contributed by atoms with van der Waals surface area (Å²) in [4.78, 5) is 0. The van der Waals surface area contributed by atoms with Crippen molar-refractivity contribution in [2.24, 2.45) is 0 Å². The molecular formula is C5H10AgOS2. The van der Waals surface area contributed by atoms with Crippen molar-refractivity contribution in [3.05, 3.63) is 0 Å². The van der Waals surface area contributed by atoms with Gasteiger partial charge < -0.3 is 16.0 Å². The molecule has 0 N–H and O–H groups in total. The molecule has 0 heterocycles. The second-order valence-corrected chi connectivity index (χ2v) is 4.46. The molecule has 0 saturated heterocycles. The van der Waals surface area contributed by atoms with Crippen LogP contribution in [0.5, 0.6) is 0 Å². The fourth-order valence-corrected chi connectivity index (χ4v) is 2.03. The number of thiocarbonyl (C=S) groups is 1. The van der Waals surface area contributed by atoms with E-state index in [-0.39, 0.29) is 37.7 Å². The van der Waals surface area contributed by atoms with Gasteiger partial charge in [-0.25, -0.2) is 0 Å². The maximum Gasteiger partial charge on any atom is 2.00 e. The third-order valence-electron chi connectivity index (χ3n) is 0.933. The first-order valence-corrected chi connectivity index (χ1v) is 4.58. The molecule has 1 nitrogen and oxygen atoms in total. The van der Waals surface area contributed by atoms with E-state index in [0.717, 1.165) is 11.5 Å². The largest absolute Gasteiger partial charge is 2.00 e. The molecular weight excluding hydrogens is 248 g/mol. The van der Waals surface area contributed by atoms with Crippen LogP contribution < -0.4 is 5.11 Å². The van der Waals surface area contributed by atoms with E-state index in [4.69, 9.17) is 0 Å². The fourth-order valence-electron chi connectivity index (χ4n) is 0.440. The topological polar surface area (TPSA) is 23.1 Å². The van der Waals surface area contributed by atoms with E-state index >= 15 is 0 Å². The van der Waals surface area contributed by atoms with E-state index in [0.29, 0.717) is 0 Å². The minimum absolute atomic E-state index is 0. The second kappa shape index (κ2) is 7.09. The predicted octanol–water partition coefficient (Wildman–Crippen LogP) is 0.287. The molecule has 0 rings (SSSR count). The van der Waals surface area contributed by atoms with E-state index in [2.05, 4.69) is 12.2 Å². The minimum Gasteiger partial charge on any atom is -0.884 e. The molecule has 0 aliphatic rings. The standard InChI is InChI=1S/C5H11OS2.Ag/c1-3-8(4-2)5(6)7;/h3-4H2,1-2H3,(H,6,7);/q-1;+2/p-1. The Morgan fingerprint density at radius 2 is 1.78 bits per heavy atom. The van der Waals surface area contributed by atoms with Crippen molar-refractivity contribution in [1.29, 1.82) is 0 Å². The third-order valence-corrected chi connectivity index (χ3v) is 3.50. The van der Waals surface area contributed by atoms with Crippen LogP contribution in [-0.4, -0.2) is 15.9 Å². The van der Waals surface area contributed by atoms with Gasteiger partial charge in [0.05, 0.1) is 0 Å². The monoisotopic (exact) mass is 257 g/mol. The van der Waals surface area contributed by atoms with Crippen LogP contribution >= 0.6 is 12.2 Å². The van der Waals surface area contributed by atoms with Gasteiger partial charge >= 0.3 is 22.4 Å². The summed E-state index contributed by atoms with van der Waals surface area (Å²) in [6.07, 6.45) is 0. The zero-order chi connectivity index (χ0) is 6.57. The zero-order valence-corrected chi connectivity index (χ0v) is 8.56. The third kappa shape index (κ3) is 5.43. The quantitative estimate of drug-likeness (QED) is 0.403. The number of rotatable bonds is 2. The molecule has 1 radical (unpaired) electrons. The second-order valence-electron chi connectivity index (χ2n) is 1.32. The van der Waals surface area contributed by atoms with Crippen LogP contribution in [0.3, 0.4) is 0 Å². The van der Waals surface area contributed by atoms with E-state index in [1.807, 2.05) is 13.8 Å². The Morgan fingerprint density at radius 1 is 1.44 bits per heavy atom. The van der Waals surface area contributed by atoms with Crippen molar-refractivity contribution < 1.29 is 27.5 Å². The maximum atomic E-state index is 10.4. The van der Waals surface area contributed by atoms with Gasteiger partial charge in [-0.2, -0.15) is 4.38 Å². The summed E-state index contributed by atoms with van der Waals surface area (Å²) in [6, 6.07) is 0. The van der Waals surface area contributed by atoms with E-state index < -0.39 is 0 Å². The molecule has 0 aromatic rings. The summed E-state index contributed by atoms with van der Waals surface area (Å²) in [5.41, 5.74) is 0. The molecule has 4 heteroatoms. The zero-order valence-electron chi connectivity index (χ0n) is 5.44. The van der Waals surface area contributed by atoms with E-state index in [1.54, 1.807) is 0 Å². The average Bonchev–Trinajstić information content (AvgIpc) is 1.69. The Kier molecular flexibility index (Phi) is 9.96. The Hall–Kier alpha value is 0.980. The fraction of sp³-hybridized carbons (Fsp3) is 0.800. The van der Waals surface area contributed by atoms with E-state index in [9.17, 15) is 5.11 Å². The number of hydrogen-bond donors (Lipinski definition) is 0. The molecule has 0 aromatic heterocycles. The number of hydrogen-bond acceptors (Lipinski definition) is 3. The van der Waals surface area contributed by atoms with Gasteiger partial charge in [0.1, 0.15) is 0 Å². The Labute approximate surface area is 80.1 Å². The summed E-state index contributed by atoms with van der Waals surface area (Å²) in [7, 11) is -0.114. The summed E-state index contributed by atoms with van der Waals surface area (Å²) in [6.45, 7) is 3.99. The van der Waals surface area contributed by atoms with E-state index in [1.165, 1.54) is 0 Å². The van der Waals surface area contributed by atoms with Gasteiger partial charge in [-0.1, -0.05) is 13.8 Å². The first-order valence-electron chi connectivity index (χ1n) is 2.60. The predicted molar refractivity (Wildman–Crippen MR) is 41.0 cm³/mol. The van der Waals surface area contributed by atoms with Gasteiger partial charge in [-0.15, -0.1) is 23.7 Å². The van der Waals surface area contributed by atoms with Gasteiger partial charge in [0.15, 0.2) is 0 Å². The molecule has 59 valence electrons. The van der Waals surface area contributed by atoms with Gasteiger partial charge in [0.25, 0.3) is 0 Å². The van der Waals surface area contributed by atoms with Crippen molar-refractivity contribution in [1.82, 2.24) is 0 Å². The molecule has 0 spiro atoms. The smallest absolute Gasteiger partial charge is 0.884 e.